The summed E-state index contributed by atoms with van der Waals surface area (Å²) in [7, 11) is 0. The van der Waals surface area contributed by atoms with Crippen LogP contribution in [-0.4, -0.2) is 0 Å². The van der Waals surface area contributed by atoms with E-state index in [1.165, 1.54) is 56.9 Å². The first-order valence-corrected chi connectivity index (χ1v) is 8.90. The second-order valence-corrected chi connectivity index (χ2v) is 7.07. The molecule has 0 aromatic heterocycles. The molecule has 0 radical (unpaired) electrons. The van der Waals surface area contributed by atoms with Gasteiger partial charge in [0.05, 0.1) is 0 Å². The zero-order chi connectivity index (χ0) is 14.8. The lowest BCUT2D eigenvalue weighted by atomic mass is 9.87. The Morgan fingerprint density at radius 1 is 1.00 bits per heavy atom. The van der Waals surface area contributed by atoms with Crippen LogP contribution in [0.4, 0.5) is 0 Å². The van der Waals surface area contributed by atoms with Gasteiger partial charge in [-0.3, -0.25) is 0 Å². The molecule has 0 aliphatic carbocycles. The van der Waals surface area contributed by atoms with Gasteiger partial charge in [-0.2, -0.15) is 0 Å². The highest BCUT2D eigenvalue weighted by atomic mass is 79.9. The van der Waals surface area contributed by atoms with Crippen LogP contribution in [0.25, 0.3) is 0 Å². The number of nitrogens with two attached hydrogens (primary N) is 1. The number of halogens is 1. The van der Waals surface area contributed by atoms with E-state index in [4.69, 9.17) is 5.73 Å². The van der Waals surface area contributed by atoms with Crippen molar-refractivity contribution in [3.63, 3.8) is 0 Å². The molecule has 1 atom stereocenters. The zero-order valence-corrected chi connectivity index (χ0v) is 14.7. The van der Waals surface area contributed by atoms with Gasteiger partial charge in [-0.05, 0) is 31.0 Å². The first kappa shape index (κ1) is 17.7. The van der Waals surface area contributed by atoms with E-state index in [2.05, 4.69) is 54.0 Å². The molecule has 0 aliphatic heterocycles. The van der Waals surface area contributed by atoms with Crippen molar-refractivity contribution in [3.8, 4) is 0 Å². The van der Waals surface area contributed by atoms with Gasteiger partial charge in [0.25, 0.3) is 0 Å². The Kier molecular flexibility index (Phi) is 8.47. The van der Waals surface area contributed by atoms with Crippen LogP contribution in [0, 0.1) is 0 Å². The van der Waals surface area contributed by atoms with E-state index in [1.807, 2.05) is 0 Å². The molecule has 1 rings (SSSR count). The van der Waals surface area contributed by atoms with Crippen molar-refractivity contribution >= 4 is 15.9 Å². The smallest absolute Gasteiger partial charge is 0.0381 e. The molecule has 1 nitrogen and oxygen atoms in total. The van der Waals surface area contributed by atoms with Gasteiger partial charge in [0.15, 0.2) is 0 Å². The summed E-state index contributed by atoms with van der Waals surface area (Å²) in [4.78, 5) is 0. The van der Waals surface area contributed by atoms with Crippen molar-refractivity contribution in [1.82, 2.24) is 0 Å². The molecule has 0 amide bonds. The van der Waals surface area contributed by atoms with Crippen molar-refractivity contribution in [3.05, 3.63) is 34.3 Å². The van der Waals surface area contributed by atoms with Crippen LogP contribution in [0.5, 0.6) is 0 Å². The molecule has 0 saturated carbocycles. The Bertz CT molecular complexity index is 373. The molecule has 114 valence electrons. The van der Waals surface area contributed by atoms with Gasteiger partial charge in [-0.15, -0.1) is 0 Å². The fourth-order valence-corrected chi connectivity index (χ4v) is 3.01. The minimum Gasteiger partial charge on any atom is -0.322 e. The Morgan fingerprint density at radius 3 is 2.20 bits per heavy atom. The van der Waals surface area contributed by atoms with Gasteiger partial charge in [-0.1, -0.05) is 86.4 Å². The summed E-state index contributed by atoms with van der Waals surface area (Å²) >= 11 is 3.52. The number of unbranched alkanes of at least 4 members (excludes halogenated alkanes) is 7. The first-order chi connectivity index (χ1) is 9.56. The third kappa shape index (κ3) is 6.90. The standard InChI is InChI=1S/C18H30BrN/c1-3-4-5-6-7-8-9-10-14-18(2,20)16-12-11-13-17(19)15-16/h11-13,15H,3-10,14,20H2,1-2H3. The molecule has 1 aromatic carbocycles. The lowest BCUT2D eigenvalue weighted by Gasteiger charge is -2.25. The highest BCUT2D eigenvalue weighted by Crippen LogP contribution is 2.26. The fraction of sp³-hybridized carbons (Fsp3) is 0.667. The van der Waals surface area contributed by atoms with E-state index in [1.54, 1.807) is 0 Å². The van der Waals surface area contributed by atoms with Gasteiger partial charge >= 0.3 is 0 Å². The maximum Gasteiger partial charge on any atom is 0.0381 e. The van der Waals surface area contributed by atoms with Crippen molar-refractivity contribution in [2.45, 2.75) is 77.2 Å². The maximum atomic E-state index is 6.47. The van der Waals surface area contributed by atoms with Crippen LogP contribution in [0.1, 0.15) is 77.2 Å². The lowest BCUT2D eigenvalue weighted by Crippen LogP contribution is -2.32. The van der Waals surface area contributed by atoms with Crippen LogP contribution >= 0.6 is 15.9 Å². The molecule has 2 heteroatoms. The molecular weight excluding hydrogens is 310 g/mol. The predicted molar refractivity (Wildman–Crippen MR) is 92.9 cm³/mol. The third-order valence-corrected chi connectivity index (χ3v) is 4.53. The third-order valence-electron chi connectivity index (χ3n) is 4.03. The van der Waals surface area contributed by atoms with Crippen LogP contribution in [0.2, 0.25) is 0 Å². The summed E-state index contributed by atoms with van der Waals surface area (Å²) in [6.07, 6.45) is 11.9. The Balaban J connectivity index is 2.20. The Labute approximate surface area is 133 Å². The average Bonchev–Trinajstić information content (AvgIpc) is 2.42. The average molecular weight is 340 g/mol. The molecule has 0 heterocycles. The first-order valence-electron chi connectivity index (χ1n) is 8.11. The van der Waals surface area contributed by atoms with Crippen LogP contribution in [-0.2, 0) is 5.54 Å². The normalized spacial score (nSPS) is 14.2. The summed E-state index contributed by atoms with van der Waals surface area (Å²) in [6, 6.07) is 8.40. The second-order valence-electron chi connectivity index (χ2n) is 6.15. The molecule has 20 heavy (non-hydrogen) atoms. The summed E-state index contributed by atoms with van der Waals surface area (Å²) < 4.78 is 1.11. The van der Waals surface area contributed by atoms with Crippen molar-refractivity contribution in [2.24, 2.45) is 5.73 Å². The molecule has 0 fully saturated rings. The van der Waals surface area contributed by atoms with Gasteiger partial charge < -0.3 is 5.73 Å². The fourth-order valence-electron chi connectivity index (χ4n) is 2.61. The number of hydrogen-bond donors (Lipinski definition) is 1. The highest BCUT2D eigenvalue weighted by molar-refractivity contribution is 9.10. The van der Waals surface area contributed by atoms with Gasteiger partial charge in [0.1, 0.15) is 0 Å². The SMILES string of the molecule is CCCCCCCCCCC(C)(N)c1cccc(Br)c1. The van der Waals surface area contributed by atoms with Gasteiger partial charge in [0.2, 0.25) is 0 Å². The molecule has 0 bridgehead atoms. The summed E-state index contributed by atoms with van der Waals surface area (Å²) in [6.45, 7) is 4.42. The highest BCUT2D eigenvalue weighted by Gasteiger charge is 2.20. The zero-order valence-electron chi connectivity index (χ0n) is 13.1. The predicted octanol–water partition coefficient (Wildman–Crippen LogP) is 6.15. The minimum absolute atomic E-state index is 0.202. The Morgan fingerprint density at radius 2 is 1.60 bits per heavy atom. The molecule has 0 spiro atoms. The minimum atomic E-state index is -0.202. The molecule has 1 unspecified atom stereocenters. The van der Waals surface area contributed by atoms with E-state index in [0.717, 1.165) is 10.9 Å². The maximum absolute atomic E-state index is 6.47. The van der Waals surface area contributed by atoms with E-state index >= 15 is 0 Å². The summed E-state index contributed by atoms with van der Waals surface area (Å²) in [5.41, 5.74) is 7.50. The monoisotopic (exact) mass is 339 g/mol. The number of rotatable bonds is 10. The van der Waals surface area contributed by atoms with Crippen LogP contribution < -0.4 is 5.73 Å². The molecular formula is C18H30BrN. The molecule has 0 aliphatic rings. The second kappa shape index (κ2) is 9.57. The number of benzene rings is 1. The lowest BCUT2D eigenvalue weighted by molar-refractivity contribution is 0.420. The molecule has 1 aromatic rings. The molecule has 2 N–H and O–H groups in total. The van der Waals surface area contributed by atoms with Crippen LogP contribution in [0.15, 0.2) is 28.7 Å². The van der Waals surface area contributed by atoms with Crippen molar-refractivity contribution < 1.29 is 0 Å². The number of hydrogen-bond acceptors (Lipinski definition) is 1. The van der Waals surface area contributed by atoms with Crippen molar-refractivity contribution in [1.29, 1.82) is 0 Å². The molecule has 0 saturated heterocycles. The van der Waals surface area contributed by atoms with Gasteiger partial charge in [0, 0.05) is 10.0 Å². The van der Waals surface area contributed by atoms with E-state index in [9.17, 15) is 0 Å². The van der Waals surface area contributed by atoms with Crippen molar-refractivity contribution in [2.75, 3.05) is 0 Å². The van der Waals surface area contributed by atoms with E-state index in [-0.39, 0.29) is 5.54 Å². The largest absolute Gasteiger partial charge is 0.322 e. The topological polar surface area (TPSA) is 26.0 Å². The van der Waals surface area contributed by atoms with E-state index in [0.29, 0.717) is 0 Å². The Hall–Kier alpha value is -0.340. The van der Waals surface area contributed by atoms with Crippen LogP contribution in [0.3, 0.4) is 0 Å². The van der Waals surface area contributed by atoms with E-state index < -0.39 is 0 Å². The summed E-state index contributed by atoms with van der Waals surface area (Å²) in [5.74, 6) is 0. The summed E-state index contributed by atoms with van der Waals surface area (Å²) in [5, 5.41) is 0. The van der Waals surface area contributed by atoms with Gasteiger partial charge in [-0.25, -0.2) is 0 Å². The quantitative estimate of drug-likeness (QED) is 0.508.